The van der Waals surface area contributed by atoms with Crippen molar-refractivity contribution >= 4 is 21.8 Å². The van der Waals surface area contributed by atoms with E-state index in [0.717, 1.165) is 30.2 Å². The van der Waals surface area contributed by atoms with Crippen LogP contribution in [-0.4, -0.2) is 28.1 Å². The lowest BCUT2D eigenvalue weighted by molar-refractivity contribution is -0.0233. The third-order valence-corrected chi connectivity index (χ3v) is 4.54. The molecule has 0 spiro atoms. The van der Waals surface area contributed by atoms with Crippen molar-refractivity contribution in [1.82, 2.24) is 10.3 Å². The van der Waals surface area contributed by atoms with Crippen LogP contribution in [0.25, 0.3) is 0 Å². The monoisotopic (exact) mass is 340 g/mol. The maximum Gasteiger partial charge on any atom is 0.269 e. The summed E-state index contributed by atoms with van der Waals surface area (Å²) >= 11 is 3.28. The summed E-state index contributed by atoms with van der Waals surface area (Å²) in [7, 11) is 0. The van der Waals surface area contributed by atoms with E-state index < -0.39 is 5.60 Å². The van der Waals surface area contributed by atoms with Crippen LogP contribution in [0.5, 0.6) is 0 Å². The van der Waals surface area contributed by atoms with Gasteiger partial charge in [-0.2, -0.15) is 0 Å². The van der Waals surface area contributed by atoms with Crippen LogP contribution in [0.15, 0.2) is 22.8 Å². The number of halogens is 1. The number of aliphatic hydroxyl groups is 1. The van der Waals surface area contributed by atoms with Crippen molar-refractivity contribution in [1.29, 1.82) is 0 Å². The van der Waals surface area contributed by atoms with Crippen molar-refractivity contribution in [2.45, 2.75) is 45.1 Å². The lowest BCUT2D eigenvalue weighted by Crippen LogP contribution is -2.46. The van der Waals surface area contributed by atoms with Crippen LogP contribution in [0.1, 0.15) is 50.0 Å². The van der Waals surface area contributed by atoms with Gasteiger partial charge in [-0.1, -0.05) is 13.8 Å². The summed E-state index contributed by atoms with van der Waals surface area (Å²) < 4.78 is 0.835. The first-order chi connectivity index (χ1) is 9.30. The number of carbonyl (C=O) groups excluding carboxylic acids is 1. The third-order valence-electron chi connectivity index (χ3n) is 4.07. The summed E-state index contributed by atoms with van der Waals surface area (Å²) in [6.45, 7) is 4.73. The van der Waals surface area contributed by atoms with Gasteiger partial charge in [0.25, 0.3) is 5.91 Å². The largest absolute Gasteiger partial charge is 0.388 e. The smallest absolute Gasteiger partial charge is 0.269 e. The minimum Gasteiger partial charge on any atom is -0.388 e. The molecule has 20 heavy (non-hydrogen) atoms. The molecular formula is C15H21BrN2O2. The second kappa shape index (κ2) is 5.82. The number of amides is 1. The number of hydrogen-bond acceptors (Lipinski definition) is 3. The van der Waals surface area contributed by atoms with E-state index in [-0.39, 0.29) is 5.91 Å². The molecule has 1 heterocycles. The van der Waals surface area contributed by atoms with Crippen LogP contribution < -0.4 is 5.32 Å². The van der Waals surface area contributed by atoms with E-state index in [1.54, 1.807) is 18.3 Å². The van der Waals surface area contributed by atoms with Crippen molar-refractivity contribution < 1.29 is 9.90 Å². The molecule has 1 aliphatic rings. The minimum absolute atomic E-state index is 0.240. The van der Waals surface area contributed by atoms with Gasteiger partial charge in [-0.25, -0.2) is 4.98 Å². The Morgan fingerprint density at radius 1 is 1.35 bits per heavy atom. The molecule has 0 saturated heterocycles. The minimum atomic E-state index is -0.777. The Kier molecular flexibility index (Phi) is 4.49. The molecule has 0 aliphatic heterocycles. The summed E-state index contributed by atoms with van der Waals surface area (Å²) in [4.78, 5) is 16.0. The summed E-state index contributed by atoms with van der Waals surface area (Å²) in [5, 5.41) is 13.3. The fourth-order valence-corrected chi connectivity index (χ4v) is 2.65. The van der Waals surface area contributed by atoms with Gasteiger partial charge in [-0.15, -0.1) is 0 Å². The molecule has 0 unspecified atom stereocenters. The van der Waals surface area contributed by atoms with E-state index >= 15 is 0 Å². The van der Waals surface area contributed by atoms with Gasteiger partial charge in [0, 0.05) is 17.2 Å². The zero-order valence-corrected chi connectivity index (χ0v) is 13.5. The van der Waals surface area contributed by atoms with Gasteiger partial charge in [-0.05, 0) is 59.2 Å². The number of pyridine rings is 1. The van der Waals surface area contributed by atoms with Crippen molar-refractivity contribution in [2.24, 2.45) is 5.41 Å². The van der Waals surface area contributed by atoms with E-state index in [1.165, 1.54) is 0 Å². The molecule has 0 atom stereocenters. The van der Waals surface area contributed by atoms with Crippen molar-refractivity contribution in [3.8, 4) is 0 Å². The van der Waals surface area contributed by atoms with Crippen LogP contribution >= 0.6 is 15.9 Å². The van der Waals surface area contributed by atoms with Gasteiger partial charge in [0.15, 0.2) is 0 Å². The molecule has 5 heteroatoms. The molecule has 1 amide bonds. The van der Waals surface area contributed by atoms with Crippen molar-refractivity contribution in [3.05, 3.63) is 28.5 Å². The Balaban J connectivity index is 1.89. The number of rotatable bonds is 3. The molecule has 0 aromatic carbocycles. The lowest BCUT2D eigenvalue weighted by atomic mass is 9.71. The van der Waals surface area contributed by atoms with Gasteiger partial charge >= 0.3 is 0 Å². The first kappa shape index (κ1) is 15.4. The zero-order chi connectivity index (χ0) is 14.8. The van der Waals surface area contributed by atoms with Crippen molar-refractivity contribution in [2.75, 3.05) is 6.54 Å². The molecule has 2 rings (SSSR count). The van der Waals surface area contributed by atoms with E-state index in [1.807, 2.05) is 0 Å². The molecule has 0 radical (unpaired) electrons. The normalized spacial score (nSPS) is 20.4. The predicted octanol–water partition coefficient (Wildman–Crippen LogP) is 2.91. The van der Waals surface area contributed by atoms with E-state index in [2.05, 4.69) is 40.1 Å². The molecule has 1 saturated carbocycles. The number of carbonyl (C=O) groups is 1. The second-order valence-corrected chi connectivity index (χ2v) is 7.35. The summed E-state index contributed by atoms with van der Waals surface area (Å²) in [5.41, 5.74) is -0.114. The fourth-order valence-electron chi connectivity index (χ4n) is 2.41. The SMILES string of the molecule is CC1(C)CCC(O)(CNC(=O)c2ccc(Br)cn2)CC1. The lowest BCUT2D eigenvalue weighted by Gasteiger charge is -2.40. The average Bonchev–Trinajstić information content (AvgIpc) is 2.41. The van der Waals surface area contributed by atoms with Crippen LogP contribution in [-0.2, 0) is 0 Å². The predicted molar refractivity (Wildman–Crippen MR) is 81.5 cm³/mol. The highest BCUT2D eigenvalue weighted by Gasteiger charge is 2.36. The molecule has 4 nitrogen and oxygen atoms in total. The molecular weight excluding hydrogens is 320 g/mol. The quantitative estimate of drug-likeness (QED) is 0.889. The Bertz CT molecular complexity index is 475. The Morgan fingerprint density at radius 3 is 2.55 bits per heavy atom. The van der Waals surface area contributed by atoms with Crippen LogP contribution in [0.2, 0.25) is 0 Å². The number of nitrogens with one attached hydrogen (secondary N) is 1. The van der Waals surface area contributed by atoms with E-state index in [4.69, 9.17) is 0 Å². The number of aromatic nitrogens is 1. The fraction of sp³-hybridized carbons (Fsp3) is 0.600. The average molecular weight is 341 g/mol. The zero-order valence-electron chi connectivity index (χ0n) is 11.9. The van der Waals surface area contributed by atoms with Gasteiger partial charge in [0.2, 0.25) is 0 Å². The molecule has 1 aromatic rings. The standard InChI is InChI=1S/C15H21BrN2O2/c1-14(2)5-7-15(20,8-6-14)10-18-13(19)12-4-3-11(16)9-17-12/h3-4,9,20H,5-8,10H2,1-2H3,(H,18,19). The summed E-state index contributed by atoms with van der Waals surface area (Å²) in [6, 6.07) is 3.44. The highest BCUT2D eigenvalue weighted by atomic mass is 79.9. The maximum absolute atomic E-state index is 12.0. The van der Waals surface area contributed by atoms with Crippen LogP contribution in [0, 0.1) is 5.41 Å². The Morgan fingerprint density at radius 2 is 2.00 bits per heavy atom. The van der Waals surface area contributed by atoms with Gasteiger partial charge in [-0.3, -0.25) is 4.79 Å². The molecule has 1 fully saturated rings. The topological polar surface area (TPSA) is 62.2 Å². The van der Waals surface area contributed by atoms with Crippen LogP contribution in [0.4, 0.5) is 0 Å². The Labute approximate surface area is 128 Å². The second-order valence-electron chi connectivity index (χ2n) is 6.43. The molecule has 110 valence electrons. The third kappa shape index (κ3) is 4.03. The number of hydrogen-bond donors (Lipinski definition) is 2. The maximum atomic E-state index is 12.0. The number of nitrogens with zero attached hydrogens (tertiary/aromatic N) is 1. The van der Waals surface area contributed by atoms with E-state index in [9.17, 15) is 9.90 Å². The van der Waals surface area contributed by atoms with Gasteiger partial charge in [0.05, 0.1) is 5.60 Å². The first-order valence-corrected chi connectivity index (χ1v) is 7.71. The summed E-state index contributed by atoms with van der Waals surface area (Å²) in [5.74, 6) is -0.240. The highest BCUT2D eigenvalue weighted by Crippen LogP contribution is 2.39. The Hall–Kier alpha value is -0.940. The van der Waals surface area contributed by atoms with Gasteiger partial charge in [0.1, 0.15) is 5.69 Å². The highest BCUT2D eigenvalue weighted by molar-refractivity contribution is 9.10. The molecule has 1 aromatic heterocycles. The molecule has 2 N–H and O–H groups in total. The van der Waals surface area contributed by atoms with Crippen molar-refractivity contribution in [3.63, 3.8) is 0 Å². The molecule has 1 aliphatic carbocycles. The van der Waals surface area contributed by atoms with E-state index in [0.29, 0.717) is 17.7 Å². The first-order valence-electron chi connectivity index (χ1n) is 6.92. The summed E-state index contributed by atoms with van der Waals surface area (Å²) in [6.07, 6.45) is 5.01. The molecule has 0 bridgehead atoms. The van der Waals surface area contributed by atoms with Gasteiger partial charge < -0.3 is 10.4 Å². The van der Waals surface area contributed by atoms with Crippen LogP contribution in [0.3, 0.4) is 0 Å².